The van der Waals surface area contributed by atoms with Crippen LogP contribution in [0.4, 0.5) is 5.00 Å². The molecule has 0 aliphatic heterocycles. The second kappa shape index (κ2) is 10.4. The SMILES string of the molecule is C=CCn1c(SCC(=O)Nc2scc(-c3ccccc3)c2C(=O)OC)nc2sc3c(c2c1=O)CCC3. The number of ether oxygens (including phenoxy) is 1. The summed E-state index contributed by atoms with van der Waals surface area (Å²) < 4.78 is 6.57. The number of carbonyl (C=O) groups is 2. The fraction of sp³-hybridized carbons (Fsp3) is 0.231. The molecule has 10 heteroatoms. The van der Waals surface area contributed by atoms with Gasteiger partial charge in [-0.2, -0.15) is 0 Å². The Bertz CT molecular complexity index is 1540. The Morgan fingerprint density at radius 3 is 2.83 bits per heavy atom. The van der Waals surface area contributed by atoms with Gasteiger partial charge >= 0.3 is 5.97 Å². The van der Waals surface area contributed by atoms with Crippen LogP contribution in [0.5, 0.6) is 0 Å². The zero-order chi connectivity index (χ0) is 25.2. The van der Waals surface area contributed by atoms with E-state index < -0.39 is 5.97 Å². The van der Waals surface area contributed by atoms with Gasteiger partial charge in [-0.3, -0.25) is 14.2 Å². The van der Waals surface area contributed by atoms with Crippen molar-refractivity contribution in [2.24, 2.45) is 0 Å². The maximum atomic E-state index is 13.3. The first kappa shape index (κ1) is 24.5. The van der Waals surface area contributed by atoms with E-state index in [9.17, 15) is 14.4 Å². The minimum atomic E-state index is -0.518. The molecule has 3 aromatic heterocycles. The molecule has 5 rings (SSSR count). The molecule has 36 heavy (non-hydrogen) atoms. The van der Waals surface area contributed by atoms with E-state index in [0.29, 0.717) is 33.2 Å². The molecule has 1 N–H and O–H groups in total. The minimum absolute atomic E-state index is 0.0271. The van der Waals surface area contributed by atoms with E-state index >= 15 is 0 Å². The van der Waals surface area contributed by atoms with Crippen molar-refractivity contribution in [2.75, 3.05) is 18.2 Å². The van der Waals surface area contributed by atoms with Crippen LogP contribution in [0.1, 0.15) is 27.2 Å². The number of benzene rings is 1. The highest BCUT2D eigenvalue weighted by Gasteiger charge is 2.25. The molecule has 0 atom stereocenters. The monoisotopic (exact) mass is 537 g/mol. The van der Waals surface area contributed by atoms with Gasteiger partial charge in [0.1, 0.15) is 15.4 Å². The van der Waals surface area contributed by atoms with Crippen molar-refractivity contribution < 1.29 is 14.3 Å². The number of carbonyl (C=O) groups excluding carboxylic acids is 2. The lowest BCUT2D eigenvalue weighted by molar-refractivity contribution is -0.113. The van der Waals surface area contributed by atoms with E-state index in [2.05, 4.69) is 11.9 Å². The number of anilines is 1. The highest BCUT2D eigenvalue weighted by atomic mass is 32.2. The summed E-state index contributed by atoms with van der Waals surface area (Å²) >= 11 is 4.04. The molecule has 7 nitrogen and oxygen atoms in total. The molecule has 184 valence electrons. The number of hydrogen-bond donors (Lipinski definition) is 1. The number of hydrogen-bond acceptors (Lipinski definition) is 8. The Labute approximate surface area is 219 Å². The zero-order valence-corrected chi connectivity index (χ0v) is 22.0. The Hall–Kier alpha value is -3.21. The second-order valence-electron chi connectivity index (χ2n) is 8.18. The number of aromatic nitrogens is 2. The third-order valence-electron chi connectivity index (χ3n) is 5.95. The number of nitrogens with one attached hydrogen (secondary N) is 1. The lowest BCUT2D eigenvalue weighted by atomic mass is 10.0. The molecule has 1 aliphatic carbocycles. The molecule has 1 amide bonds. The predicted molar refractivity (Wildman–Crippen MR) is 147 cm³/mol. The fourth-order valence-corrected chi connectivity index (χ4v) is 7.42. The van der Waals surface area contributed by atoms with E-state index in [1.807, 2.05) is 35.7 Å². The van der Waals surface area contributed by atoms with Crippen molar-refractivity contribution in [1.82, 2.24) is 9.55 Å². The van der Waals surface area contributed by atoms with E-state index in [1.54, 1.807) is 22.0 Å². The number of esters is 1. The summed E-state index contributed by atoms with van der Waals surface area (Å²) in [6, 6.07) is 9.47. The summed E-state index contributed by atoms with van der Waals surface area (Å²) in [5.41, 5.74) is 2.93. The molecule has 3 heterocycles. The molecule has 1 aliphatic rings. The maximum absolute atomic E-state index is 13.3. The molecule has 0 fully saturated rings. The number of aryl methyl sites for hydroxylation is 2. The summed E-state index contributed by atoms with van der Waals surface area (Å²) in [5.74, 6) is -0.796. The van der Waals surface area contributed by atoms with Crippen LogP contribution in [-0.2, 0) is 28.9 Å². The molecule has 0 radical (unpaired) electrons. The number of allylic oxidation sites excluding steroid dienone is 1. The van der Waals surface area contributed by atoms with Gasteiger partial charge in [-0.15, -0.1) is 29.3 Å². The maximum Gasteiger partial charge on any atom is 0.341 e. The van der Waals surface area contributed by atoms with Crippen LogP contribution in [0.15, 0.2) is 58.3 Å². The molecular weight excluding hydrogens is 515 g/mol. The lowest BCUT2D eigenvalue weighted by Gasteiger charge is -2.11. The molecule has 0 spiro atoms. The number of thiophene rings is 2. The molecule has 0 saturated carbocycles. The zero-order valence-electron chi connectivity index (χ0n) is 19.5. The topological polar surface area (TPSA) is 90.3 Å². The van der Waals surface area contributed by atoms with Gasteiger partial charge in [-0.1, -0.05) is 48.2 Å². The number of methoxy groups -OCH3 is 1. The first-order valence-electron chi connectivity index (χ1n) is 11.4. The van der Waals surface area contributed by atoms with Crippen molar-refractivity contribution >= 4 is 61.5 Å². The van der Waals surface area contributed by atoms with Gasteiger partial charge in [0.05, 0.1) is 18.2 Å². The van der Waals surface area contributed by atoms with Crippen LogP contribution >= 0.6 is 34.4 Å². The predicted octanol–water partition coefficient (Wildman–Crippen LogP) is 5.38. The van der Waals surface area contributed by atoms with Gasteiger partial charge in [-0.05, 0) is 30.4 Å². The molecule has 0 saturated heterocycles. The van der Waals surface area contributed by atoms with Crippen molar-refractivity contribution in [3.63, 3.8) is 0 Å². The van der Waals surface area contributed by atoms with Crippen LogP contribution in [-0.4, -0.2) is 34.3 Å². The second-order valence-corrected chi connectivity index (χ2v) is 11.1. The van der Waals surface area contributed by atoms with Crippen molar-refractivity contribution in [1.29, 1.82) is 0 Å². The molecule has 4 aromatic rings. The van der Waals surface area contributed by atoms with Crippen LogP contribution in [0, 0.1) is 0 Å². The first-order valence-corrected chi connectivity index (χ1v) is 14.0. The van der Waals surface area contributed by atoms with Crippen molar-refractivity contribution in [3.05, 3.63) is 74.7 Å². The van der Waals surface area contributed by atoms with Gasteiger partial charge in [-0.25, -0.2) is 9.78 Å². The van der Waals surface area contributed by atoms with Gasteiger partial charge in [0, 0.05) is 22.4 Å². The number of rotatable bonds is 8. The van der Waals surface area contributed by atoms with E-state index in [4.69, 9.17) is 9.72 Å². The van der Waals surface area contributed by atoms with Gasteiger partial charge in [0.25, 0.3) is 5.56 Å². The highest BCUT2D eigenvalue weighted by Crippen LogP contribution is 2.37. The van der Waals surface area contributed by atoms with Crippen LogP contribution in [0.25, 0.3) is 21.3 Å². The Morgan fingerprint density at radius 2 is 2.08 bits per heavy atom. The first-order chi connectivity index (χ1) is 17.5. The fourth-order valence-electron chi connectivity index (χ4n) is 4.34. The molecule has 0 unspecified atom stereocenters. The minimum Gasteiger partial charge on any atom is -0.465 e. The summed E-state index contributed by atoms with van der Waals surface area (Å²) in [5, 5.41) is 6.29. The van der Waals surface area contributed by atoms with Crippen molar-refractivity contribution in [2.45, 2.75) is 31.0 Å². The number of amides is 1. The van der Waals surface area contributed by atoms with Crippen LogP contribution in [0.3, 0.4) is 0 Å². The summed E-state index contributed by atoms with van der Waals surface area (Å²) in [7, 11) is 1.32. The van der Waals surface area contributed by atoms with Crippen LogP contribution < -0.4 is 10.9 Å². The average molecular weight is 538 g/mol. The van der Waals surface area contributed by atoms with Crippen molar-refractivity contribution in [3.8, 4) is 11.1 Å². The summed E-state index contributed by atoms with van der Waals surface area (Å²) in [4.78, 5) is 45.5. The average Bonchev–Trinajstić information content (AvgIpc) is 3.59. The standard InChI is InChI=1S/C26H23N3O4S3/c1-3-12-29-24(31)20-16-10-7-11-18(16)36-23(20)28-26(29)35-14-19(30)27-22-21(25(32)33-2)17(13-34-22)15-8-5-4-6-9-15/h3-6,8-9,13H,1,7,10-12,14H2,2H3,(H,27,30). The van der Waals surface area contributed by atoms with E-state index in [1.165, 1.54) is 35.1 Å². The van der Waals surface area contributed by atoms with Gasteiger partial charge in [0.2, 0.25) is 5.91 Å². The smallest absolute Gasteiger partial charge is 0.341 e. The third kappa shape index (κ3) is 4.52. The number of fused-ring (bicyclic) bond motifs is 3. The van der Waals surface area contributed by atoms with Crippen LogP contribution in [0.2, 0.25) is 0 Å². The molecular formula is C26H23N3O4S3. The molecule has 0 bridgehead atoms. The van der Waals surface area contributed by atoms with E-state index in [0.717, 1.165) is 35.2 Å². The van der Waals surface area contributed by atoms with E-state index in [-0.39, 0.29) is 17.2 Å². The Morgan fingerprint density at radius 1 is 1.28 bits per heavy atom. The molecule has 1 aromatic carbocycles. The Balaban J connectivity index is 1.39. The van der Waals surface area contributed by atoms with Gasteiger partial charge in [0.15, 0.2) is 5.16 Å². The summed E-state index contributed by atoms with van der Waals surface area (Å²) in [6.07, 6.45) is 4.61. The Kier molecular flexibility index (Phi) is 7.08. The third-order valence-corrected chi connectivity index (χ3v) is 9.01. The summed E-state index contributed by atoms with van der Waals surface area (Å²) in [6.45, 7) is 4.09. The highest BCUT2D eigenvalue weighted by molar-refractivity contribution is 7.99. The normalized spacial score (nSPS) is 12.5. The number of nitrogens with zero attached hydrogens (tertiary/aromatic N) is 2. The van der Waals surface area contributed by atoms with Gasteiger partial charge < -0.3 is 10.1 Å². The number of thioether (sulfide) groups is 1. The largest absolute Gasteiger partial charge is 0.465 e. The lowest BCUT2D eigenvalue weighted by Crippen LogP contribution is -2.24. The quantitative estimate of drug-likeness (QED) is 0.141.